The van der Waals surface area contributed by atoms with Crippen LogP contribution >= 0.6 is 0 Å². The lowest BCUT2D eigenvalue weighted by atomic mass is 10.2. The second-order valence-electron chi connectivity index (χ2n) is 5.70. The Kier molecular flexibility index (Phi) is 5.43. The largest absolute Gasteiger partial charge is 0.494 e. The number of hydrogen-bond donors (Lipinski definition) is 2. The van der Waals surface area contributed by atoms with Gasteiger partial charge in [0.25, 0.3) is 5.91 Å². The highest BCUT2D eigenvalue weighted by Crippen LogP contribution is 2.18. The van der Waals surface area contributed by atoms with Gasteiger partial charge in [-0.3, -0.25) is 4.79 Å². The Morgan fingerprint density at radius 1 is 1.04 bits per heavy atom. The minimum Gasteiger partial charge on any atom is -0.494 e. The molecule has 6 heteroatoms. The van der Waals surface area contributed by atoms with Crippen molar-refractivity contribution in [3.8, 4) is 5.75 Å². The zero-order chi connectivity index (χ0) is 18.4. The number of amides is 1. The molecule has 0 atom stereocenters. The molecule has 1 amide bonds. The molecule has 3 rings (SSSR count). The molecule has 0 aliphatic carbocycles. The molecule has 0 aliphatic rings. The Morgan fingerprint density at radius 3 is 2.42 bits per heavy atom. The molecule has 3 aromatic rings. The van der Waals surface area contributed by atoms with Crippen molar-refractivity contribution in [2.45, 2.75) is 13.8 Å². The van der Waals surface area contributed by atoms with Crippen LogP contribution in [0.3, 0.4) is 0 Å². The Balaban J connectivity index is 1.63. The van der Waals surface area contributed by atoms with Gasteiger partial charge < -0.3 is 15.4 Å². The van der Waals surface area contributed by atoms with Crippen LogP contribution in [0.4, 0.5) is 17.3 Å². The van der Waals surface area contributed by atoms with Crippen LogP contribution in [0.5, 0.6) is 5.75 Å². The van der Waals surface area contributed by atoms with Crippen LogP contribution in [0.2, 0.25) is 0 Å². The molecule has 2 N–H and O–H groups in total. The summed E-state index contributed by atoms with van der Waals surface area (Å²) in [6.07, 6.45) is 2.99. The number of hydrogen-bond acceptors (Lipinski definition) is 5. The van der Waals surface area contributed by atoms with Crippen LogP contribution in [-0.4, -0.2) is 22.5 Å². The summed E-state index contributed by atoms with van der Waals surface area (Å²) in [5.41, 5.74) is 3.05. The van der Waals surface area contributed by atoms with Crippen molar-refractivity contribution in [2.24, 2.45) is 0 Å². The van der Waals surface area contributed by atoms with Crippen LogP contribution in [0.15, 0.2) is 60.9 Å². The molecular formula is C20H20N4O2. The third-order valence-electron chi connectivity index (χ3n) is 3.61. The second-order valence-corrected chi connectivity index (χ2v) is 5.70. The number of carbonyl (C=O) groups is 1. The molecule has 1 heterocycles. The zero-order valence-electron chi connectivity index (χ0n) is 14.7. The Hall–Kier alpha value is -3.41. The first kappa shape index (κ1) is 17.4. The topological polar surface area (TPSA) is 76.1 Å². The van der Waals surface area contributed by atoms with Crippen molar-refractivity contribution in [3.63, 3.8) is 0 Å². The fraction of sp³-hybridized carbons (Fsp3) is 0.150. The number of anilines is 3. The normalized spacial score (nSPS) is 10.2. The smallest absolute Gasteiger partial charge is 0.258 e. The number of aromatic nitrogens is 2. The van der Waals surface area contributed by atoms with Crippen LogP contribution in [0, 0.1) is 6.92 Å². The highest BCUT2D eigenvalue weighted by atomic mass is 16.5. The van der Waals surface area contributed by atoms with Gasteiger partial charge in [-0.05, 0) is 55.8 Å². The molecule has 26 heavy (non-hydrogen) atoms. The van der Waals surface area contributed by atoms with Crippen LogP contribution in [-0.2, 0) is 0 Å². The fourth-order valence-corrected chi connectivity index (χ4v) is 2.37. The van der Waals surface area contributed by atoms with Gasteiger partial charge in [0.15, 0.2) is 0 Å². The molecule has 6 nitrogen and oxygen atoms in total. The van der Waals surface area contributed by atoms with Crippen molar-refractivity contribution >= 4 is 23.2 Å². The maximum absolute atomic E-state index is 12.3. The van der Waals surface area contributed by atoms with E-state index in [1.807, 2.05) is 62.4 Å². The molecule has 0 aliphatic heterocycles. The predicted octanol–water partition coefficient (Wildman–Crippen LogP) is 4.18. The summed E-state index contributed by atoms with van der Waals surface area (Å²) in [7, 11) is 0. The van der Waals surface area contributed by atoms with Gasteiger partial charge in [0.2, 0.25) is 5.95 Å². The van der Waals surface area contributed by atoms with E-state index in [-0.39, 0.29) is 5.91 Å². The van der Waals surface area contributed by atoms with E-state index < -0.39 is 0 Å². The van der Waals surface area contributed by atoms with E-state index in [0.717, 1.165) is 22.7 Å². The second kappa shape index (κ2) is 8.11. The number of nitrogens with one attached hydrogen (secondary N) is 2. The SMILES string of the molecule is CCOc1ccc(Nc2ncc(C(=O)Nc3cccc(C)c3)cn2)cc1. The van der Waals surface area contributed by atoms with Gasteiger partial charge in [-0.25, -0.2) is 9.97 Å². The Morgan fingerprint density at radius 2 is 1.77 bits per heavy atom. The summed E-state index contributed by atoms with van der Waals surface area (Å²) < 4.78 is 5.41. The molecule has 1 aromatic heterocycles. The van der Waals surface area contributed by atoms with Crippen molar-refractivity contribution in [3.05, 3.63) is 72.1 Å². The number of carbonyl (C=O) groups excluding carboxylic acids is 1. The summed E-state index contributed by atoms with van der Waals surface area (Å²) in [6, 6.07) is 15.1. The van der Waals surface area contributed by atoms with Gasteiger partial charge in [0.05, 0.1) is 12.2 Å². The predicted molar refractivity (Wildman–Crippen MR) is 102 cm³/mol. The van der Waals surface area contributed by atoms with E-state index >= 15 is 0 Å². The van der Waals surface area contributed by atoms with E-state index in [4.69, 9.17) is 4.74 Å². The number of nitrogens with zero attached hydrogens (tertiary/aromatic N) is 2. The van der Waals surface area contributed by atoms with Gasteiger partial charge in [0, 0.05) is 23.8 Å². The van der Waals surface area contributed by atoms with Gasteiger partial charge >= 0.3 is 0 Å². The Labute approximate surface area is 152 Å². The molecule has 0 saturated heterocycles. The highest BCUT2D eigenvalue weighted by Gasteiger charge is 2.08. The minimum absolute atomic E-state index is 0.247. The number of rotatable bonds is 6. The molecule has 0 bridgehead atoms. The average molecular weight is 348 g/mol. The van der Waals surface area contributed by atoms with Gasteiger partial charge in [0.1, 0.15) is 5.75 Å². The first-order valence-electron chi connectivity index (χ1n) is 8.34. The monoisotopic (exact) mass is 348 g/mol. The lowest BCUT2D eigenvalue weighted by molar-refractivity contribution is 0.102. The maximum atomic E-state index is 12.3. The fourth-order valence-electron chi connectivity index (χ4n) is 2.37. The van der Waals surface area contributed by atoms with Crippen LogP contribution < -0.4 is 15.4 Å². The van der Waals surface area contributed by atoms with Crippen LogP contribution in [0.1, 0.15) is 22.8 Å². The summed E-state index contributed by atoms with van der Waals surface area (Å²) >= 11 is 0. The van der Waals surface area contributed by atoms with E-state index in [0.29, 0.717) is 18.1 Å². The first-order chi connectivity index (χ1) is 12.6. The Bertz CT molecular complexity index is 877. The molecule has 0 fully saturated rings. The number of aryl methyl sites for hydroxylation is 1. The lowest BCUT2D eigenvalue weighted by Crippen LogP contribution is -2.13. The molecule has 2 aromatic carbocycles. The van der Waals surface area contributed by atoms with Crippen LogP contribution in [0.25, 0.3) is 0 Å². The third-order valence-corrected chi connectivity index (χ3v) is 3.61. The van der Waals surface area contributed by atoms with Crippen molar-refractivity contribution in [2.75, 3.05) is 17.2 Å². The molecule has 0 radical (unpaired) electrons. The maximum Gasteiger partial charge on any atom is 0.258 e. The highest BCUT2D eigenvalue weighted by molar-refractivity contribution is 6.03. The zero-order valence-corrected chi connectivity index (χ0v) is 14.7. The molecular weight excluding hydrogens is 328 g/mol. The van der Waals surface area contributed by atoms with Gasteiger partial charge in [-0.1, -0.05) is 12.1 Å². The minimum atomic E-state index is -0.247. The molecule has 0 spiro atoms. The summed E-state index contributed by atoms with van der Waals surface area (Å²) in [5, 5.41) is 5.92. The van der Waals surface area contributed by atoms with E-state index in [2.05, 4.69) is 20.6 Å². The summed E-state index contributed by atoms with van der Waals surface area (Å²) in [4.78, 5) is 20.7. The number of ether oxygens (including phenoxy) is 1. The lowest BCUT2D eigenvalue weighted by Gasteiger charge is -2.08. The van der Waals surface area contributed by atoms with Crippen molar-refractivity contribution in [1.29, 1.82) is 0 Å². The first-order valence-corrected chi connectivity index (χ1v) is 8.34. The molecule has 132 valence electrons. The summed E-state index contributed by atoms with van der Waals surface area (Å²) in [5.74, 6) is 0.978. The van der Waals surface area contributed by atoms with E-state index in [1.165, 1.54) is 12.4 Å². The molecule has 0 saturated carbocycles. The van der Waals surface area contributed by atoms with Gasteiger partial charge in [-0.15, -0.1) is 0 Å². The summed E-state index contributed by atoms with van der Waals surface area (Å²) in [6.45, 7) is 4.54. The van der Waals surface area contributed by atoms with Crippen molar-refractivity contribution < 1.29 is 9.53 Å². The third kappa shape index (κ3) is 4.57. The quantitative estimate of drug-likeness (QED) is 0.699. The van der Waals surface area contributed by atoms with Crippen molar-refractivity contribution in [1.82, 2.24) is 9.97 Å². The average Bonchev–Trinajstić information content (AvgIpc) is 2.64. The van der Waals surface area contributed by atoms with Gasteiger partial charge in [-0.2, -0.15) is 0 Å². The number of benzene rings is 2. The van der Waals surface area contributed by atoms with E-state index in [9.17, 15) is 4.79 Å². The standard InChI is InChI=1S/C20H20N4O2/c1-3-26-18-9-7-16(8-10-18)24-20-21-12-15(13-22-20)19(25)23-17-6-4-5-14(2)11-17/h4-13H,3H2,1-2H3,(H,23,25)(H,21,22,24). The molecule has 0 unspecified atom stereocenters. The van der Waals surface area contributed by atoms with E-state index in [1.54, 1.807) is 0 Å².